The zero-order valence-corrected chi connectivity index (χ0v) is 12.3. The van der Waals surface area contributed by atoms with Gasteiger partial charge in [0.1, 0.15) is 0 Å². The average molecular weight is 280 g/mol. The predicted octanol–water partition coefficient (Wildman–Crippen LogP) is 4.46. The molecule has 21 heavy (non-hydrogen) atoms. The van der Waals surface area contributed by atoms with Gasteiger partial charge in [-0.1, -0.05) is 66.7 Å². The largest absolute Gasteiger partial charge is 0.466 e. The smallest absolute Gasteiger partial charge is 0.306 e. The lowest BCUT2D eigenvalue weighted by Gasteiger charge is -2.08. The van der Waals surface area contributed by atoms with Crippen molar-refractivity contribution in [3.63, 3.8) is 0 Å². The van der Waals surface area contributed by atoms with E-state index in [4.69, 9.17) is 4.74 Å². The Hall–Kier alpha value is -2.35. The normalized spacial score (nSPS) is 9.95. The first-order chi connectivity index (χ1) is 10.3. The van der Waals surface area contributed by atoms with E-state index >= 15 is 0 Å². The second kappa shape index (κ2) is 8.05. The number of hydrogen-bond donors (Lipinski definition) is 0. The highest BCUT2D eigenvalue weighted by Crippen LogP contribution is 2.23. The molecule has 2 heteroatoms. The fourth-order valence-electron chi connectivity index (χ4n) is 2.21. The maximum absolute atomic E-state index is 11.4. The van der Waals surface area contributed by atoms with Gasteiger partial charge in [-0.2, -0.15) is 0 Å². The highest BCUT2D eigenvalue weighted by molar-refractivity contribution is 5.80. The van der Waals surface area contributed by atoms with Crippen LogP contribution in [0, 0.1) is 0 Å². The molecule has 0 aliphatic carbocycles. The number of benzene rings is 2. The topological polar surface area (TPSA) is 26.3 Å². The molecule has 2 aromatic carbocycles. The highest BCUT2D eigenvalue weighted by Gasteiger charge is 2.05. The van der Waals surface area contributed by atoms with Crippen LogP contribution in [0.15, 0.2) is 66.7 Å². The van der Waals surface area contributed by atoms with Gasteiger partial charge >= 0.3 is 5.97 Å². The third-order valence-electron chi connectivity index (χ3n) is 3.17. The summed E-state index contributed by atoms with van der Waals surface area (Å²) < 4.78 is 4.97. The lowest BCUT2D eigenvalue weighted by molar-refractivity contribution is -0.142. The van der Waals surface area contributed by atoms with Crippen molar-refractivity contribution >= 4 is 11.5 Å². The average Bonchev–Trinajstić information content (AvgIpc) is 2.53. The van der Waals surface area contributed by atoms with E-state index in [1.165, 1.54) is 0 Å². The first-order valence-corrected chi connectivity index (χ1v) is 7.28. The van der Waals surface area contributed by atoms with Crippen molar-refractivity contribution in [2.45, 2.75) is 19.8 Å². The number of rotatable bonds is 6. The molecule has 2 nitrogen and oxygen atoms in total. The molecule has 0 amide bonds. The Morgan fingerprint density at radius 2 is 1.48 bits per heavy atom. The molecule has 108 valence electrons. The van der Waals surface area contributed by atoms with Gasteiger partial charge in [-0.3, -0.25) is 4.79 Å². The summed E-state index contributed by atoms with van der Waals surface area (Å²) in [5, 5.41) is 0. The van der Waals surface area contributed by atoms with Crippen molar-refractivity contribution in [2.24, 2.45) is 0 Å². The molecule has 2 rings (SSSR count). The van der Waals surface area contributed by atoms with Gasteiger partial charge in [0.25, 0.3) is 0 Å². The van der Waals surface area contributed by atoms with Crippen molar-refractivity contribution in [1.82, 2.24) is 0 Å². The molecule has 0 radical (unpaired) electrons. The second-order valence-electron chi connectivity index (χ2n) is 4.69. The Kier molecular flexibility index (Phi) is 5.77. The molecule has 0 saturated heterocycles. The van der Waals surface area contributed by atoms with E-state index < -0.39 is 0 Å². The molecule has 0 atom stereocenters. The van der Waals surface area contributed by atoms with Crippen LogP contribution in [-0.2, 0) is 9.53 Å². The zero-order chi connectivity index (χ0) is 14.9. The maximum Gasteiger partial charge on any atom is 0.306 e. The Balaban J connectivity index is 2.19. The van der Waals surface area contributed by atoms with E-state index in [1.807, 2.05) is 43.3 Å². The Bertz CT molecular complexity index is 544. The predicted molar refractivity (Wildman–Crippen MR) is 85.8 cm³/mol. The third kappa shape index (κ3) is 4.60. The summed E-state index contributed by atoms with van der Waals surface area (Å²) >= 11 is 0. The van der Waals surface area contributed by atoms with Crippen LogP contribution in [0.5, 0.6) is 0 Å². The minimum absolute atomic E-state index is 0.144. The molecule has 0 aromatic heterocycles. The van der Waals surface area contributed by atoms with E-state index in [-0.39, 0.29) is 5.97 Å². The monoisotopic (exact) mass is 280 g/mol. The van der Waals surface area contributed by atoms with Gasteiger partial charge in [0, 0.05) is 6.42 Å². The fraction of sp³-hybridized carbons (Fsp3) is 0.211. The molecule has 0 spiro atoms. The Morgan fingerprint density at radius 1 is 0.952 bits per heavy atom. The summed E-state index contributed by atoms with van der Waals surface area (Å²) in [5.41, 5.74) is 3.47. The molecule has 0 N–H and O–H groups in total. The molecule has 0 aliphatic heterocycles. The quantitative estimate of drug-likeness (QED) is 0.730. The minimum atomic E-state index is -0.144. The summed E-state index contributed by atoms with van der Waals surface area (Å²) in [4.78, 5) is 11.4. The van der Waals surface area contributed by atoms with E-state index in [2.05, 4.69) is 30.3 Å². The lowest BCUT2D eigenvalue weighted by Crippen LogP contribution is -2.02. The van der Waals surface area contributed by atoms with Crippen LogP contribution in [-0.4, -0.2) is 12.6 Å². The van der Waals surface area contributed by atoms with Crippen LogP contribution in [0.25, 0.3) is 5.57 Å². The Morgan fingerprint density at radius 3 is 1.95 bits per heavy atom. The summed E-state index contributed by atoms with van der Waals surface area (Å²) in [6.07, 6.45) is 3.20. The number of carbonyl (C=O) groups is 1. The van der Waals surface area contributed by atoms with E-state index in [0.717, 1.165) is 16.7 Å². The second-order valence-corrected chi connectivity index (χ2v) is 4.69. The number of hydrogen-bond acceptors (Lipinski definition) is 2. The third-order valence-corrected chi connectivity index (χ3v) is 3.17. The van der Waals surface area contributed by atoms with Gasteiger partial charge < -0.3 is 4.74 Å². The number of esters is 1. The molecule has 0 aliphatic rings. The summed E-state index contributed by atoms with van der Waals surface area (Å²) in [6.45, 7) is 2.26. The molecular weight excluding hydrogens is 260 g/mol. The highest BCUT2D eigenvalue weighted by atomic mass is 16.5. The van der Waals surface area contributed by atoms with Gasteiger partial charge in [0.2, 0.25) is 0 Å². The zero-order valence-electron chi connectivity index (χ0n) is 12.3. The minimum Gasteiger partial charge on any atom is -0.466 e. The van der Waals surface area contributed by atoms with Crippen molar-refractivity contribution < 1.29 is 9.53 Å². The van der Waals surface area contributed by atoms with Crippen molar-refractivity contribution in [3.05, 3.63) is 77.9 Å². The first-order valence-electron chi connectivity index (χ1n) is 7.28. The van der Waals surface area contributed by atoms with Crippen LogP contribution in [0.2, 0.25) is 0 Å². The van der Waals surface area contributed by atoms with Crippen LogP contribution in [0.1, 0.15) is 30.9 Å². The fourth-order valence-corrected chi connectivity index (χ4v) is 2.21. The van der Waals surface area contributed by atoms with Gasteiger partial charge in [0.05, 0.1) is 6.61 Å². The first kappa shape index (κ1) is 15.0. The standard InChI is InChI=1S/C19H20O2/c1-2-21-19(20)15-9-14-18(16-10-5-3-6-11-16)17-12-7-4-8-13-17/h3-8,10-14H,2,9,15H2,1H3. The summed E-state index contributed by atoms with van der Waals surface area (Å²) in [5.74, 6) is -0.144. The molecule has 2 aromatic rings. The van der Waals surface area contributed by atoms with Gasteiger partial charge in [-0.25, -0.2) is 0 Å². The molecule has 0 unspecified atom stereocenters. The van der Waals surface area contributed by atoms with E-state index in [1.54, 1.807) is 0 Å². The van der Waals surface area contributed by atoms with Crippen molar-refractivity contribution in [2.75, 3.05) is 6.61 Å². The van der Waals surface area contributed by atoms with Gasteiger partial charge in [0.15, 0.2) is 0 Å². The molecule has 0 heterocycles. The number of ether oxygens (including phenoxy) is 1. The lowest BCUT2D eigenvalue weighted by atomic mass is 9.96. The Labute approximate surface area is 126 Å². The molecular formula is C19H20O2. The maximum atomic E-state index is 11.4. The summed E-state index contributed by atoms with van der Waals surface area (Å²) in [6, 6.07) is 20.5. The molecule has 0 saturated carbocycles. The number of allylic oxidation sites excluding steroid dienone is 1. The van der Waals surface area contributed by atoms with Crippen LogP contribution in [0.4, 0.5) is 0 Å². The molecule has 0 fully saturated rings. The van der Waals surface area contributed by atoms with Crippen LogP contribution < -0.4 is 0 Å². The molecule has 0 bridgehead atoms. The van der Waals surface area contributed by atoms with Gasteiger partial charge in [-0.05, 0) is 30.0 Å². The van der Waals surface area contributed by atoms with Crippen molar-refractivity contribution in [3.8, 4) is 0 Å². The number of carbonyl (C=O) groups excluding carboxylic acids is 1. The van der Waals surface area contributed by atoms with Crippen LogP contribution in [0.3, 0.4) is 0 Å². The van der Waals surface area contributed by atoms with Crippen LogP contribution >= 0.6 is 0 Å². The van der Waals surface area contributed by atoms with Gasteiger partial charge in [-0.15, -0.1) is 0 Å². The van der Waals surface area contributed by atoms with E-state index in [0.29, 0.717) is 19.4 Å². The SMILES string of the molecule is CCOC(=O)CCC=C(c1ccccc1)c1ccccc1. The van der Waals surface area contributed by atoms with E-state index in [9.17, 15) is 4.79 Å². The summed E-state index contributed by atoms with van der Waals surface area (Å²) in [7, 11) is 0. The van der Waals surface area contributed by atoms with Crippen molar-refractivity contribution in [1.29, 1.82) is 0 Å².